The van der Waals surface area contributed by atoms with Crippen LogP contribution in [-0.4, -0.2) is 49.7 Å². The lowest BCUT2D eigenvalue weighted by Crippen LogP contribution is -2.42. The molecule has 0 bridgehead atoms. The lowest BCUT2D eigenvalue weighted by Gasteiger charge is -2.34. The fraction of sp³-hybridized carbons (Fsp3) is 0.667. The van der Waals surface area contributed by atoms with Gasteiger partial charge < -0.3 is 15.8 Å². The van der Waals surface area contributed by atoms with Crippen LogP contribution in [0.25, 0.3) is 0 Å². The molecule has 1 aromatic rings. The van der Waals surface area contributed by atoms with Gasteiger partial charge in [-0.1, -0.05) is 55.5 Å². The highest BCUT2D eigenvalue weighted by atomic mass is 127. The van der Waals surface area contributed by atoms with Crippen LogP contribution in [0.4, 0.5) is 0 Å². The molecular formula is C21H35IN4O. The van der Waals surface area contributed by atoms with E-state index in [1.807, 2.05) is 0 Å². The summed E-state index contributed by atoms with van der Waals surface area (Å²) in [5.74, 6) is 0.599. The van der Waals surface area contributed by atoms with Crippen LogP contribution in [0.15, 0.2) is 29.3 Å². The Hall–Kier alpha value is -0.860. The molecule has 1 saturated heterocycles. The van der Waals surface area contributed by atoms with E-state index in [-0.39, 0.29) is 30.0 Å². The second kappa shape index (κ2) is 11.9. The van der Waals surface area contributed by atoms with E-state index in [4.69, 9.17) is 15.5 Å². The van der Waals surface area contributed by atoms with Gasteiger partial charge in [-0.3, -0.25) is 9.89 Å². The van der Waals surface area contributed by atoms with Crippen LogP contribution in [0.3, 0.4) is 0 Å². The maximum absolute atomic E-state index is 6.23. The van der Waals surface area contributed by atoms with Crippen molar-refractivity contribution in [2.75, 3.05) is 32.8 Å². The molecule has 1 saturated carbocycles. The molecule has 2 aliphatic rings. The van der Waals surface area contributed by atoms with Gasteiger partial charge in [0.05, 0.1) is 25.8 Å². The zero-order valence-electron chi connectivity index (χ0n) is 16.5. The maximum atomic E-state index is 6.23. The molecule has 1 aliphatic heterocycles. The number of nitrogens with two attached hydrogens (primary N) is 1. The van der Waals surface area contributed by atoms with Gasteiger partial charge in [-0.25, -0.2) is 0 Å². The average molecular weight is 486 g/mol. The Morgan fingerprint density at radius 1 is 1.15 bits per heavy atom. The molecule has 0 spiro atoms. The summed E-state index contributed by atoms with van der Waals surface area (Å²) in [4.78, 5) is 7.19. The second-order valence-electron chi connectivity index (χ2n) is 7.63. The molecule has 27 heavy (non-hydrogen) atoms. The van der Waals surface area contributed by atoms with E-state index in [0.29, 0.717) is 18.5 Å². The summed E-state index contributed by atoms with van der Waals surface area (Å²) in [7, 11) is 0. The molecule has 0 radical (unpaired) electrons. The summed E-state index contributed by atoms with van der Waals surface area (Å²) >= 11 is 0. The molecule has 5 nitrogen and oxygen atoms in total. The number of morpholine rings is 1. The highest BCUT2D eigenvalue weighted by Gasteiger charge is 2.22. The van der Waals surface area contributed by atoms with Gasteiger partial charge in [0.15, 0.2) is 5.96 Å². The standard InChI is InChI=1S/C21H34N4O.HI/c1-17-8-10-18(11-9-17)20(25-12-14-26-15-13-25)16-23-21(22)24-19-6-4-2-3-5-7-19;/h8-11,19-20H,2-7,12-16H2,1H3,(H3,22,23,24);1H. The molecular weight excluding hydrogens is 451 g/mol. The predicted octanol–water partition coefficient (Wildman–Crippen LogP) is 3.61. The van der Waals surface area contributed by atoms with Crippen molar-refractivity contribution >= 4 is 29.9 Å². The van der Waals surface area contributed by atoms with Crippen LogP contribution < -0.4 is 11.1 Å². The zero-order valence-corrected chi connectivity index (χ0v) is 18.9. The van der Waals surface area contributed by atoms with E-state index in [1.165, 1.54) is 49.7 Å². The van der Waals surface area contributed by atoms with Crippen molar-refractivity contribution in [2.45, 2.75) is 57.5 Å². The molecule has 0 amide bonds. The van der Waals surface area contributed by atoms with E-state index < -0.39 is 0 Å². The third-order valence-electron chi connectivity index (χ3n) is 5.59. The number of hydrogen-bond donors (Lipinski definition) is 2. The minimum atomic E-state index is 0. The largest absolute Gasteiger partial charge is 0.379 e. The normalized spacial score (nSPS) is 21.1. The average Bonchev–Trinajstić information content (AvgIpc) is 2.93. The molecule has 2 fully saturated rings. The first-order valence-electron chi connectivity index (χ1n) is 10.2. The number of ether oxygens (including phenoxy) is 1. The van der Waals surface area contributed by atoms with Gasteiger partial charge in [0.1, 0.15) is 0 Å². The quantitative estimate of drug-likeness (QED) is 0.289. The number of rotatable bonds is 5. The van der Waals surface area contributed by atoms with Crippen LogP contribution in [0.1, 0.15) is 55.7 Å². The van der Waals surface area contributed by atoms with Gasteiger partial charge >= 0.3 is 0 Å². The molecule has 1 aliphatic carbocycles. The van der Waals surface area contributed by atoms with Crippen molar-refractivity contribution in [2.24, 2.45) is 10.7 Å². The first-order valence-corrected chi connectivity index (χ1v) is 10.2. The fourth-order valence-electron chi connectivity index (χ4n) is 3.97. The van der Waals surface area contributed by atoms with Gasteiger partial charge in [0.2, 0.25) is 0 Å². The number of benzene rings is 1. The van der Waals surface area contributed by atoms with Crippen LogP contribution in [0.5, 0.6) is 0 Å². The van der Waals surface area contributed by atoms with Gasteiger partial charge in [0.25, 0.3) is 0 Å². The minimum absolute atomic E-state index is 0. The summed E-state index contributed by atoms with van der Waals surface area (Å²) < 4.78 is 5.53. The molecule has 3 N–H and O–H groups in total. The topological polar surface area (TPSA) is 62.9 Å². The van der Waals surface area contributed by atoms with Crippen molar-refractivity contribution in [1.82, 2.24) is 10.2 Å². The fourth-order valence-corrected chi connectivity index (χ4v) is 3.97. The van der Waals surface area contributed by atoms with Gasteiger partial charge in [-0.05, 0) is 25.3 Å². The Kier molecular flexibility index (Phi) is 9.86. The summed E-state index contributed by atoms with van der Waals surface area (Å²) in [5.41, 5.74) is 8.82. The number of nitrogens with one attached hydrogen (secondary N) is 1. The van der Waals surface area contributed by atoms with E-state index in [1.54, 1.807) is 0 Å². The Bertz CT molecular complexity index is 564. The minimum Gasteiger partial charge on any atom is -0.379 e. The predicted molar refractivity (Wildman–Crippen MR) is 123 cm³/mol. The first-order chi connectivity index (χ1) is 12.7. The number of hydrogen-bond acceptors (Lipinski definition) is 3. The second-order valence-corrected chi connectivity index (χ2v) is 7.63. The van der Waals surface area contributed by atoms with Crippen molar-refractivity contribution in [3.8, 4) is 0 Å². The summed E-state index contributed by atoms with van der Waals surface area (Å²) in [6.07, 6.45) is 7.71. The Balaban J connectivity index is 0.00000261. The molecule has 152 valence electrons. The van der Waals surface area contributed by atoms with Crippen molar-refractivity contribution in [3.05, 3.63) is 35.4 Å². The number of nitrogens with zero attached hydrogens (tertiary/aromatic N) is 2. The van der Waals surface area contributed by atoms with Crippen molar-refractivity contribution in [3.63, 3.8) is 0 Å². The Labute approximate surface area is 181 Å². The van der Waals surface area contributed by atoms with E-state index in [2.05, 4.69) is 41.4 Å². The van der Waals surface area contributed by atoms with E-state index in [9.17, 15) is 0 Å². The van der Waals surface area contributed by atoms with Crippen molar-refractivity contribution in [1.29, 1.82) is 0 Å². The van der Waals surface area contributed by atoms with Gasteiger partial charge in [-0.2, -0.15) is 0 Å². The molecule has 1 aromatic carbocycles. The van der Waals surface area contributed by atoms with E-state index >= 15 is 0 Å². The Morgan fingerprint density at radius 3 is 2.41 bits per heavy atom. The Morgan fingerprint density at radius 2 is 1.78 bits per heavy atom. The third kappa shape index (κ3) is 7.23. The molecule has 1 unspecified atom stereocenters. The summed E-state index contributed by atoms with van der Waals surface area (Å²) in [6.45, 7) is 6.30. The highest BCUT2D eigenvalue weighted by molar-refractivity contribution is 14.0. The van der Waals surface area contributed by atoms with E-state index in [0.717, 1.165) is 26.3 Å². The lowest BCUT2D eigenvalue weighted by molar-refractivity contribution is 0.0180. The molecule has 0 aromatic heterocycles. The number of aryl methyl sites for hydroxylation is 1. The first kappa shape index (κ1) is 22.4. The van der Waals surface area contributed by atoms with Crippen LogP contribution in [0.2, 0.25) is 0 Å². The molecule has 1 atom stereocenters. The van der Waals surface area contributed by atoms with Crippen LogP contribution in [-0.2, 0) is 4.74 Å². The SMILES string of the molecule is Cc1ccc(C(CN=C(N)NC2CCCCCC2)N2CCOCC2)cc1.I. The smallest absolute Gasteiger partial charge is 0.188 e. The van der Waals surface area contributed by atoms with Crippen molar-refractivity contribution < 1.29 is 4.74 Å². The monoisotopic (exact) mass is 486 g/mol. The number of guanidine groups is 1. The molecule has 3 rings (SSSR count). The molecule has 6 heteroatoms. The lowest BCUT2D eigenvalue weighted by atomic mass is 10.0. The summed E-state index contributed by atoms with van der Waals surface area (Å²) in [5, 5.41) is 3.46. The zero-order chi connectivity index (χ0) is 18.2. The molecule has 1 heterocycles. The van der Waals surface area contributed by atoms with Crippen LogP contribution in [0, 0.1) is 6.92 Å². The highest BCUT2D eigenvalue weighted by Crippen LogP contribution is 2.23. The maximum Gasteiger partial charge on any atom is 0.188 e. The van der Waals surface area contributed by atoms with Gasteiger partial charge in [0, 0.05) is 19.1 Å². The summed E-state index contributed by atoms with van der Waals surface area (Å²) in [6, 6.07) is 9.55. The number of aliphatic imine (C=N–C) groups is 1. The third-order valence-corrected chi connectivity index (χ3v) is 5.59. The van der Waals surface area contributed by atoms with Gasteiger partial charge in [-0.15, -0.1) is 24.0 Å². The number of halogens is 1. The van der Waals surface area contributed by atoms with Crippen LogP contribution >= 0.6 is 24.0 Å².